The molecule has 20 heavy (non-hydrogen) atoms. The second kappa shape index (κ2) is 5.44. The molecule has 3 rings (SSSR count). The molecule has 0 bridgehead atoms. The number of hydrogen-bond donors (Lipinski definition) is 1. The molecule has 1 saturated carbocycles. The maximum absolute atomic E-state index is 5.38. The van der Waals surface area contributed by atoms with Crippen LogP contribution in [0, 0.1) is 0 Å². The van der Waals surface area contributed by atoms with E-state index >= 15 is 0 Å². The first-order chi connectivity index (χ1) is 9.80. The number of aromatic nitrogens is 5. The van der Waals surface area contributed by atoms with E-state index in [1.54, 1.807) is 4.68 Å². The molecular formula is C13H18N6O. The van der Waals surface area contributed by atoms with Gasteiger partial charge in [-0.1, -0.05) is 0 Å². The van der Waals surface area contributed by atoms with Gasteiger partial charge in [0.2, 0.25) is 5.95 Å². The quantitative estimate of drug-likeness (QED) is 0.865. The standard InChI is InChI=1S/C13H18N6O/c1-3-14-11-15-12(17-13(16-11)20-4-2)19-8-7-10(18-19)9-5-6-9/h7-9H,3-6H2,1-2H3,(H,14,15,16,17). The van der Waals surface area contributed by atoms with E-state index in [0.29, 0.717) is 30.4 Å². The molecule has 1 fully saturated rings. The zero-order valence-corrected chi connectivity index (χ0v) is 11.7. The van der Waals surface area contributed by atoms with Crippen molar-refractivity contribution in [3.8, 4) is 12.0 Å². The van der Waals surface area contributed by atoms with Crippen molar-refractivity contribution in [3.63, 3.8) is 0 Å². The fraction of sp³-hybridized carbons (Fsp3) is 0.538. The summed E-state index contributed by atoms with van der Waals surface area (Å²) in [5.74, 6) is 1.59. The number of rotatable bonds is 6. The van der Waals surface area contributed by atoms with Crippen molar-refractivity contribution in [2.45, 2.75) is 32.6 Å². The third kappa shape index (κ3) is 2.71. The van der Waals surface area contributed by atoms with Gasteiger partial charge in [0.25, 0.3) is 5.95 Å². The third-order valence-electron chi connectivity index (χ3n) is 3.02. The molecule has 0 aromatic carbocycles. The van der Waals surface area contributed by atoms with Crippen molar-refractivity contribution < 1.29 is 4.74 Å². The fourth-order valence-electron chi connectivity index (χ4n) is 1.93. The van der Waals surface area contributed by atoms with E-state index in [2.05, 4.69) is 25.4 Å². The van der Waals surface area contributed by atoms with Gasteiger partial charge >= 0.3 is 6.01 Å². The zero-order chi connectivity index (χ0) is 13.9. The molecular weight excluding hydrogens is 256 g/mol. The molecule has 1 aliphatic rings. The van der Waals surface area contributed by atoms with Gasteiger partial charge < -0.3 is 10.1 Å². The van der Waals surface area contributed by atoms with Gasteiger partial charge in [0.1, 0.15) is 0 Å². The summed E-state index contributed by atoms with van der Waals surface area (Å²) in [6.45, 7) is 5.14. The van der Waals surface area contributed by atoms with Crippen LogP contribution in [-0.4, -0.2) is 37.9 Å². The van der Waals surface area contributed by atoms with Crippen LogP contribution >= 0.6 is 0 Å². The number of nitrogens with zero attached hydrogens (tertiary/aromatic N) is 5. The van der Waals surface area contributed by atoms with Crippen molar-refractivity contribution in [1.82, 2.24) is 24.7 Å². The lowest BCUT2D eigenvalue weighted by atomic mass is 10.3. The summed E-state index contributed by atoms with van der Waals surface area (Å²) in [6.07, 6.45) is 4.33. The zero-order valence-electron chi connectivity index (χ0n) is 11.7. The highest BCUT2D eigenvalue weighted by Crippen LogP contribution is 2.38. The average Bonchev–Trinajstić information content (AvgIpc) is 3.17. The van der Waals surface area contributed by atoms with E-state index < -0.39 is 0 Å². The predicted octanol–water partition coefficient (Wildman–Crippen LogP) is 1.77. The molecule has 0 radical (unpaired) electrons. The first kappa shape index (κ1) is 12.8. The van der Waals surface area contributed by atoms with Crippen LogP contribution < -0.4 is 10.1 Å². The Kier molecular flexibility index (Phi) is 3.49. The van der Waals surface area contributed by atoms with Crippen molar-refractivity contribution >= 4 is 5.95 Å². The van der Waals surface area contributed by atoms with E-state index in [9.17, 15) is 0 Å². The Labute approximate surface area is 117 Å². The summed E-state index contributed by atoms with van der Waals surface area (Å²) in [5, 5.41) is 7.60. The lowest BCUT2D eigenvalue weighted by molar-refractivity contribution is 0.311. The fourth-order valence-corrected chi connectivity index (χ4v) is 1.93. The average molecular weight is 274 g/mol. The largest absolute Gasteiger partial charge is 0.464 e. The molecule has 0 aliphatic heterocycles. The second-order valence-corrected chi connectivity index (χ2v) is 4.66. The summed E-state index contributed by atoms with van der Waals surface area (Å²) < 4.78 is 7.06. The second-order valence-electron chi connectivity index (χ2n) is 4.66. The van der Waals surface area contributed by atoms with E-state index in [-0.39, 0.29) is 0 Å². The van der Waals surface area contributed by atoms with Gasteiger partial charge in [-0.25, -0.2) is 4.68 Å². The lowest BCUT2D eigenvalue weighted by Crippen LogP contribution is -2.11. The SMILES string of the molecule is CCNc1nc(OCC)nc(-n2ccc(C3CC3)n2)n1. The van der Waals surface area contributed by atoms with Crippen molar-refractivity contribution in [2.75, 3.05) is 18.5 Å². The van der Waals surface area contributed by atoms with Crippen LogP contribution in [0.15, 0.2) is 12.3 Å². The van der Waals surface area contributed by atoms with Gasteiger partial charge in [-0.15, -0.1) is 0 Å². The maximum atomic E-state index is 5.38. The highest BCUT2D eigenvalue weighted by Gasteiger charge is 2.26. The molecule has 106 valence electrons. The molecule has 0 saturated heterocycles. The normalized spacial score (nSPS) is 14.3. The van der Waals surface area contributed by atoms with E-state index in [1.807, 2.05) is 26.1 Å². The smallest absolute Gasteiger partial charge is 0.323 e. The number of hydrogen-bond acceptors (Lipinski definition) is 6. The van der Waals surface area contributed by atoms with E-state index in [4.69, 9.17) is 4.74 Å². The van der Waals surface area contributed by atoms with Crippen LogP contribution in [0.25, 0.3) is 5.95 Å². The van der Waals surface area contributed by atoms with Gasteiger partial charge in [-0.3, -0.25) is 0 Å². The van der Waals surface area contributed by atoms with Crippen molar-refractivity contribution in [3.05, 3.63) is 18.0 Å². The Morgan fingerprint density at radius 2 is 2.15 bits per heavy atom. The highest BCUT2D eigenvalue weighted by molar-refractivity contribution is 5.30. The summed E-state index contributed by atoms with van der Waals surface area (Å²) in [6, 6.07) is 2.34. The Balaban J connectivity index is 1.92. The summed E-state index contributed by atoms with van der Waals surface area (Å²) in [4.78, 5) is 12.8. The van der Waals surface area contributed by atoms with Crippen molar-refractivity contribution in [1.29, 1.82) is 0 Å². The van der Waals surface area contributed by atoms with Gasteiger partial charge in [-0.2, -0.15) is 20.1 Å². The Bertz CT molecular complexity index is 568. The van der Waals surface area contributed by atoms with E-state index in [1.165, 1.54) is 12.8 Å². The van der Waals surface area contributed by atoms with Crippen LogP contribution in [0.4, 0.5) is 5.95 Å². The van der Waals surface area contributed by atoms with Crippen LogP contribution in [-0.2, 0) is 0 Å². The number of anilines is 1. The monoisotopic (exact) mass is 274 g/mol. The highest BCUT2D eigenvalue weighted by atomic mass is 16.5. The van der Waals surface area contributed by atoms with Gasteiger partial charge in [-0.05, 0) is 32.8 Å². The molecule has 7 nitrogen and oxygen atoms in total. The Morgan fingerprint density at radius 3 is 2.85 bits per heavy atom. The van der Waals surface area contributed by atoms with Crippen LogP contribution in [0.1, 0.15) is 38.3 Å². The summed E-state index contributed by atoms with van der Waals surface area (Å²) in [7, 11) is 0. The van der Waals surface area contributed by atoms with Crippen LogP contribution in [0.2, 0.25) is 0 Å². The number of ether oxygens (including phenoxy) is 1. The van der Waals surface area contributed by atoms with Gasteiger partial charge in [0.15, 0.2) is 0 Å². The van der Waals surface area contributed by atoms with Crippen molar-refractivity contribution in [2.24, 2.45) is 0 Å². The van der Waals surface area contributed by atoms with Gasteiger partial charge in [0, 0.05) is 18.7 Å². The summed E-state index contributed by atoms with van der Waals surface area (Å²) in [5.41, 5.74) is 1.10. The van der Waals surface area contributed by atoms with E-state index in [0.717, 1.165) is 12.2 Å². The predicted molar refractivity (Wildman–Crippen MR) is 74.3 cm³/mol. The lowest BCUT2D eigenvalue weighted by Gasteiger charge is -2.07. The third-order valence-corrected chi connectivity index (χ3v) is 3.02. The minimum Gasteiger partial charge on any atom is -0.464 e. The molecule has 7 heteroatoms. The van der Waals surface area contributed by atoms with Gasteiger partial charge in [0.05, 0.1) is 12.3 Å². The molecule has 1 N–H and O–H groups in total. The minimum absolute atomic E-state index is 0.317. The number of nitrogens with one attached hydrogen (secondary N) is 1. The maximum Gasteiger partial charge on any atom is 0.323 e. The molecule has 2 aromatic heterocycles. The van der Waals surface area contributed by atoms with Crippen LogP contribution in [0.3, 0.4) is 0 Å². The first-order valence-electron chi connectivity index (χ1n) is 6.98. The summed E-state index contributed by atoms with van der Waals surface area (Å²) >= 11 is 0. The molecule has 2 aromatic rings. The Morgan fingerprint density at radius 1 is 1.30 bits per heavy atom. The molecule has 1 aliphatic carbocycles. The first-order valence-corrected chi connectivity index (χ1v) is 6.98. The minimum atomic E-state index is 0.317. The Hall–Kier alpha value is -2.18. The molecule has 0 atom stereocenters. The van der Waals surface area contributed by atoms with Crippen LogP contribution in [0.5, 0.6) is 6.01 Å². The molecule has 0 spiro atoms. The molecule has 2 heterocycles. The molecule has 0 amide bonds. The molecule has 0 unspecified atom stereocenters. The topological polar surface area (TPSA) is 77.8 Å².